The summed E-state index contributed by atoms with van der Waals surface area (Å²) in [5.41, 5.74) is 5.72. The molecule has 0 fully saturated rings. The number of thioether (sulfide) groups is 1. The van der Waals surface area contributed by atoms with Crippen LogP contribution >= 0.6 is 24.2 Å². The first-order valence-corrected chi connectivity index (χ1v) is 6.82. The minimum absolute atomic E-state index is 0. The molecule has 0 aromatic carbocycles. The standard InChI is InChI=1S/C11H24N2OS.ClH/c1-8(6-7-15-5)13(4)11(14)9(2)10(3)12;/h8-10H,6-7,12H2,1-5H3;1H. The van der Waals surface area contributed by atoms with E-state index in [1.54, 1.807) is 0 Å². The lowest BCUT2D eigenvalue weighted by molar-refractivity contribution is -0.136. The monoisotopic (exact) mass is 268 g/mol. The highest BCUT2D eigenvalue weighted by Crippen LogP contribution is 2.11. The number of rotatable bonds is 6. The van der Waals surface area contributed by atoms with Crippen molar-refractivity contribution >= 4 is 30.1 Å². The first-order valence-electron chi connectivity index (χ1n) is 5.43. The van der Waals surface area contributed by atoms with Crippen LogP contribution < -0.4 is 5.73 Å². The van der Waals surface area contributed by atoms with Crippen LogP contribution in [0.5, 0.6) is 0 Å². The summed E-state index contributed by atoms with van der Waals surface area (Å²) in [6, 6.07) is 0.221. The Morgan fingerprint density at radius 3 is 2.25 bits per heavy atom. The van der Waals surface area contributed by atoms with E-state index in [4.69, 9.17) is 5.73 Å². The first kappa shape index (κ1) is 18.4. The maximum absolute atomic E-state index is 11.9. The molecule has 3 nitrogen and oxygen atoms in total. The molecule has 0 saturated carbocycles. The minimum Gasteiger partial charge on any atom is -0.343 e. The number of halogens is 1. The van der Waals surface area contributed by atoms with E-state index >= 15 is 0 Å². The third-order valence-electron chi connectivity index (χ3n) is 2.93. The summed E-state index contributed by atoms with van der Waals surface area (Å²) >= 11 is 1.81. The second-order valence-electron chi connectivity index (χ2n) is 4.23. The predicted octanol–water partition coefficient (Wildman–Crippen LogP) is 1.99. The molecule has 1 amide bonds. The van der Waals surface area contributed by atoms with Gasteiger partial charge in [-0.2, -0.15) is 11.8 Å². The van der Waals surface area contributed by atoms with E-state index in [1.165, 1.54) is 0 Å². The average Bonchev–Trinajstić information content (AvgIpc) is 2.22. The van der Waals surface area contributed by atoms with E-state index < -0.39 is 0 Å². The molecule has 0 bridgehead atoms. The molecule has 0 aromatic heterocycles. The van der Waals surface area contributed by atoms with Crippen molar-refractivity contribution in [1.29, 1.82) is 0 Å². The van der Waals surface area contributed by atoms with Crippen LogP contribution in [0.4, 0.5) is 0 Å². The Bertz CT molecular complexity index is 202. The van der Waals surface area contributed by atoms with Gasteiger partial charge in [-0.1, -0.05) is 6.92 Å². The summed E-state index contributed by atoms with van der Waals surface area (Å²) in [5, 5.41) is 0. The fourth-order valence-corrected chi connectivity index (χ4v) is 1.82. The van der Waals surface area contributed by atoms with Crippen LogP contribution in [0.15, 0.2) is 0 Å². The van der Waals surface area contributed by atoms with Crippen molar-refractivity contribution in [2.45, 2.75) is 39.3 Å². The SMILES string of the molecule is CSCCC(C)N(C)C(=O)C(C)C(C)N.Cl. The maximum Gasteiger partial charge on any atom is 0.226 e. The van der Waals surface area contributed by atoms with E-state index in [0.717, 1.165) is 12.2 Å². The molecular weight excluding hydrogens is 244 g/mol. The van der Waals surface area contributed by atoms with E-state index in [0.29, 0.717) is 6.04 Å². The second-order valence-corrected chi connectivity index (χ2v) is 5.21. The van der Waals surface area contributed by atoms with E-state index in [1.807, 2.05) is 37.6 Å². The topological polar surface area (TPSA) is 46.3 Å². The van der Waals surface area contributed by atoms with Gasteiger partial charge < -0.3 is 10.6 Å². The molecule has 0 aromatic rings. The van der Waals surface area contributed by atoms with Crippen LogP contribution in [0.1, 0.15) is 27.2 Å². The molecule has 0 rings (SSSR count). The Kier molecular flexibility index (Phi) is 10.5. The zero-order chi connectivity index (χ0) is 12.0. The molecule has 2 N–H and O–H groups in total. The Balaban J connectivity index is 0. The third kappa shape index (κ3) is 5.97. The van der Waals surface area contributed by atoms with Crippen LogP contribution in [0.3, 0.4) is 0 Å². The van der Waals surface area contributed by atoms with Crippen molar-refractivity contribution in [3.8, 4) is 0 Å². The summed E-state index contributed by atoms with van der Waals surface area (Å²) in [6.45, 7) is 5.86. The summed E-state index contributed by atoms with van der Waals surface area (Å²) in [7, 11) is 1.87. The zero-order valence-corrected chi connectivity index (χ0v) is 12.5. The highest BCUT2D eigenvalue weighted by Gasteiger charge is 2.23. The van der Waals surface area contributed by atoms with Crippen molar-refractivity contribution in [3.05, 3.63) is 0 Å². The molecule has 98 valence electrons. The lowest BCUT2D eigenvalue weighted by Crippen LogP contribution is -2.43. The molecule has 0 saturated heterocycles. The maximum atomic E-state index is 11.9. The zero-order valence-electron chi connectivity index (χ0n) is 10.9. The van der Waals surface area contributed by atoms with Crippen LogP contribution in [0, 0.1) is 5.92 Å². The molecule has 3 unspecified atom stereocenters. The van der Waals surface area contributed by atoms with Gasteiger partial charge in [0.1, 0.15) is 0 Å². The van der Waals surface area contributed by atoms with Crippen LogP contribution in [-0.2, 0) is 4.79 Å². The summed E-state index contributed by atoms with van der Waals surface area (Å²) < 4.78 is 0. The van der Waals surface area contributed by atoms with Crippen molar-refractivity contribution in [1.82, 2.24) is 4.90 Å². The highest BCUT2D eigenvalue weighted by atomic mass is 35.5. The van der Waals surface area contributed by atoms with Gasteiger partial charge in [0, 0.05) is 19.1 Å². The largest absolute Gasteiger partial charge is 0.343 e. The molecule has 0 heterocycles. The molecule has 5 heteroatoms. The number of carbonyl (C=O) groups is 1. The van der Waals surface area contributed by atoms with Gasteiger partial charge in [0.05, 0.1) is 5.92 Å². The molecule has 3 atom stereocenters. The van der Waals surface area contributed by atoms with Gasteiger partial charge in [-0.05, 0) is 32.3 Å². The van der Waals surface area contributed by atoms with Crippen molar-refractivity contribution in [2.24, 2.45) is 11.7 Å². The smallest absolute Gasteiger partial charge is 0.226 e. The van der Waals surface area contributed by atoms with Crippen LogP contribution in [0.25, 0.3) is 0 Å². The van der Waals surface area contributed by atoms with E-state index in [9.17, 15) is 4.79 Å². The van der Waals surface area contributed by atoms with Gasteiger partial charge in [0.25, 0.3) is 0 Å². The Labute approximate surface area is 110 Å². The highest BCUT2D eigenvalue weighted by molar-refractivity contribution is 7.98. The summed E-state index contributed by atoms with van der Waals surface area (Å²) in [4.78, 5) is 13.8. The second kappa shape index (κ2) is 9.14. The van der Waals surface area contributed by atoms with Gasteiger partial charge >= 0.3 is 0 Å². The Hall–Kier alpha value is 0.0700. The Morgan fingerprint density at radius 2 is 1.88 bits per heavy atom. The van der Waals surface area contributed by atoms with Gasteiger partial charge in [0.15, 0.2) is 0 Å². The summed E-state index contributed by atoms with van der Waals surface area (Å²) in [5.74, 6) is 1.15. The van der Waals surface area contributed by atoms with Gasteiger partial charge in [-0.25, -0.2) is 0 Å². The van der Waals surface area contributed by atoms with Crippen LogP contribution in [-0.4, -0.2) is 41.9 Å². The summed E-state index contributed by atoms with van der Waals surface area (Å²) in [6.07, 6.45) is 3.12. The van der Waals surface area contributed by atoms with Crippen molar-refractivity contribution in [2.75, 3.05) is 19.1 Å². The quantitative estimate of drug-likeness (QED) is 0.801. The van der Waals surface area contributed by atoms with Gasteiger partial charge in [0.2, 0.25) is 5.91 Å². The third-order valence-corrected chi connectivity index (χ3v) is 3.57. The fraction of sp³-hybridized carbons (Fsp3) is 0.909. The fourth-order valence-electron chi connectivity index (χ4n) is 1.25. The molecule has 0 aliphatic heterocycles. The lowest BCUT2D eigenvalue weighted by Gasteiger charge is -2.28. The normalized spacial score (nSPS) is 15.9. The van der Waals surface area contributed by atoms with Gasteiger partial charge in [-0.15, -0.1) is 12.4 Å². The number of hydrogen-bond donors (Lipinski definition) is 1. The number of carbonyl (C=O) groups excluding carboxylic acids is 1. The van der Waals surface area contributed by atoms with E-state index in [-0.39, 0.29) is 30.3 Å². The number of amides is 1. The first-order chi connectivity index (χ1) is 6.91. The van der Waals surface area contributed by atoms with Crippen molar-refractivity contribution in [3.63, 3.8) is 0 Å². The van der Waals surface area contributed by atoms with Crippen LogP contribution in [0.2, 0.25) is 0 Å². The molecule has 0 radical (unpaired) electrons. The molecule has 16 heavy (non-hydrogen) atoms. The number of hydrogen-bond acceptors (Lipinski definition) is 3. The number of nitrogens with two attached hydrogens (primary N) is 1. The Morgan fingerprint density at radius 1 is 1.38 bits per heavy atom. The van der Waals surface area contributed by atoms with Gasteiger partial charge in [-0.3, -0.25) is 4.79 Å². The lowest BCUT2D eigenvalue weighted by atomic mass is 10.0. The molecule has 0 aliphatic carbocycles. The number of nitrogens with zero attached hydrogens (tertiary/aromatic N) is 1. The molecule has 0 aliphatic rings. The van der Waals surface area contributed by atoms with E-state index in [2.05, 4.69) is 13.2 Å². The molecule has 0 spiro atoms. The minimum atomic E-state index is -0.0910. The molecular formula is C11H25ClN2OS. The van der Waals surface area contributed by atoms with Crippen molar-refractivity contribution < 1.29 is 4.79 Å². The average molecular weight is 269 g/mol. The predicted molar refractivity (Wildman–Crippen MR) is 75.3 cm³/mol.